The number of anilines is 1. The molecule has 1 saturated heterocycles. The van der Waals surface area contributed by atoms with E-state index in [1.54, 1.807) is 17.5 Å². The zero-order chi connectivity index (χ0) is 24.6. The number of carboxylic acid groups (broad SMARTS) is 1. The number of fused-ring (bicyclic) bond motifs is 1. The number of nitrogens with zero attached hydrogens (tertiary/aromatic N) is 3. The summed E-state index contributed by atoms with van der Waals surface area (Å²) in [5, 5.41) is 28.9. The molecular weight excluding hydrogens is 549 g/mol. The number of carbonyl (C=O) groups is 3. The molecular formula is C18H16N5NaO7S4. The molecule has 0 aromatic carbocycles. The summed E-state index contributed by atoms with van der Waals surface area (Å²) in [4.78, 5) is 42.5. The summed E-state index contributed by atoms with van der Waals surface area (Å²) in [5.41, 5.74) is 4.62. The number of oxime groups is 1. The van der Waals surface area contributed by atoms with Gasteiger partial charge in [0.15, 0.2) is 20.7 Å². The van der Waals surface area contributed by atoms with E-state index in [2.05, 4.69) is 15.5 Å². The number of hydrogen-bond acceptors (Lipinski definition) is 13. The minimum Gasteiger partial charge on any atom is -0.543 e. The van der Waals surface area contributed by atoms with Crippen molar-refractivity contribution < 1.29 is 62.7 Å². The van der Waals surface area contributed by atoms with E-state index in [1.165, 1.54) is 16.7 Å². The minimum atomic E-state index is -3.70. The van der Waals surface area contributed by atoms with E-state index in [1.807, 2.05) is 0 Å². The van der Waals surface area contributed by atoms with Gasteiger partial charge in [0.1, 0.15) is 17.1 Å². The Morgan fingerprint density at radius 3 is 2.66 bits per heavy atom. The van der Waals surface area contributed by atoms with Crippen molar-refractivity contribution in [3.05, 3.63) is 44.7 Å². The molecule has 35 heavy (non-hydrogen) atoms. The molecule has 2 aromatic rings. The number of aromatic nitrogens is 1. The number of hydrogen-bond donors (Lipinski definition) is 3. The second-order valence-corrected chi connectivity index (χ2v) is 12.3. The number of amides is 2. The first kappa shape index (κ1) is 27.6. The number of sulfone groups is 1. The first-order chi connectivity index (χ1) is 16.1. The zero-order valence-corrected chi connectivity index (χ0v) is 23.3. The Labute approximate surface area is 233 Å². The van der Waals surface area contributed by atoms with Crippen molar-refractivity contribution in [2.24, 2.45) is 5.16 Å². The van der Waals surface area contributed by atoms with Gasteiger partial charge in [-0.05, 0) is 17.0 Å². The van der Waals surface area contributed by atoms with Crippen LogP contribution in [0.25, 0.3) is 0 Å². The van der Waals surface area contributed by atoms with E-state index >= 15 is 0 Å². The molecule has 2 amide bonds. The Kier molecular flexibility index (Phi) is 8.67. The SMILES string of the molecule is Nc1nc(/C(=N/O)C(=O)NC2C(=O)N3C(C(=O)[O-])=C(CS(=O)(=O)Cc4cccs4)CS[C@H]23)cs1.[Na+]. The van der Waals surface area contributed by atoms with E-state index in [4.69, 9.17) is 5.73 Å². The second-order valence-electron chi connectivity index (χ2n) is 7.23. The fraction of sp³-hybridized carbons (Fsp3) is 0.278. The van der Waals surface area contributed by atoms with Crippen molar-refractivity contribution in [2.75, 3.05) is 17.2 Å². The van der Waals surface area contributed by atoms with Gasteiger partial charge in [0.25, 0.3) is 11.8 Å². The maximum absolute atomic E-state index is 12.8. The summed E-state index contributed by atoms with van der Waals surface area (Å²) in [5.74, 6) is -4.12. The molecule has 180 valence electrons. The predicted molar refractivity (Wildman–Crippen MR) is 124 cm³/mol. The van der Waals surface area contributed by atoms with Crippen LogP contribution < -0.4 is 45.7 Å². The van der Waals surface area contributed by atoms with Gasteiger partial charge in [-0.25, -0.2) is 13.4 Å². The molecule has 2 aliphatic rings. The summed E-state index contributed by atoms with van der Waals surface area (Å²) >= 11 is 3.40. The summed E-state index contributed by atoms with van der Waals surface area (Å²) in [6.07, 6.45) is 0. The van der Waals surface area contributed by atoms with Crippen LogP contribution in [0.4, 0.5) is 5.13 Å². The Hall–Kier alpha value is -1.95. The quantitative estimate of drug-likeness (QED) is 0.0933. The molecule has 2 aromatic heterocycles. The maximum Gasteiger partial charge on any atom is 1.00 e. The number of thioether (sulfide) groups is 1. The zero-order valence-electron chi connectivity index (χ0n) is 18.0. The molecule has 1 fully saturated rings. The molecule has 0 saturated carbocycles. The van der Waals surface area contributed by atoms with Gasteiger partial charge in [0.05, 0.1) is 23.2 Å². The summed E-state index contributed by atoms with van der Waals surface area (Å²) in [6.45, 7) is 0. The van der Waals surface area contributed by atoms with Crippen LogP contribution in [0, 0.1) is 0 Å². The molecule has 4 N–H and O–H groups in total. The topological polar surface area (TPSA) is 195 Å². The first-order valence-electron chi connectivity index (χ1n) is 9.46. The van der Waals surface area contributed by atoms with E-state index in [-0.39, 0.29) is 57.5 Å². The largest absolute Gasteiger partial charge is 1.00 e. The Bertz CT molecular complexity index is 1320. The van der Waals surface area contributed by atoms with Crippen LogP contribution in [0.15, 0.2) is 39.3 Å². The molecule has 0 radical (unpaired) electrons. The summed E-state index contributed by atoms with van der Waals surface area (Å²) in [6, 6.07) is 2.26. The number of aliphatic carboxylic acids is 1. The van der Waals surface area contributed by atoms with Crippen LogP contribution in [0.1, 0.15) is 10.6 Å². The molecule has 4 heterocycles. The van der Waals surface area contributed by atoms with Crippen LogP contribution in [0.3, 0.4) is 0 Å². The minimum absolute atomic E-state index is 0. The van der Waals surface area contributed by atoms with Crippen molar-refractivity contribution in [3.8, 4) is 0 Å². The van der Waals surface area contributed by atoms with Crippen LogP contribution >= 0.6 is 34.4 Å². The van der Waals surface area contributed by atoms with Gasteiger partial charge >= 0.3 is 29.6 Å². The first-order valence-corrected chi connectivity index (χ1v) is 14.1. The third-order valence-corrected chi connectivity index (χ3v) is 9.56. The number of nitrogens with two attached hydrogens (primary N) is 1. The standard InChI is InChI=1S/C18H17N5O7S4.Na/c19-18-20-10(5-33-18)11(22-28)14(24)21-12-15(25)23-13(17(26)27)8(4-32-16(12)23)6-34(29,30)7-9-2-1-3-31-9;/h1-3,5,12,16,28H,4,6-7H2,(H2,19,20)(H,21,24)(H,26,27);/q;+1/p-1/b22-11-;/t12?,16-;/m1./s1. The van der Waals surface area contributed by atoms with Gasteiger partial charge in [-0.15, -0.1) is 34.4 Å². The molecule has 12 nitrogen and oxygen atoms in total. The van der Waals surface area contributed by atoms with Gasteiger partial charge in [-0.1, -0.05) is 11.2 Å². The van der Waals surface area contributed by atoms with Gasteiger partial charge in [0, 0.05) is 16.0 Å². The Morgan fingerprint density at radius 2 is 2.09 bits per heavy atom. The molecule has 1 unspecified atom stereocenters. The third kappa shape index (κ3) is 5.73. The summed E-state index contributed by atoms with van der Waals surface area (Å²) in [7, 11) is -3.70. The average molecular weight is 566 g/mol. The number of nitrogen functional groups attached to an aromatic ring is 1. The van der Waals surface area contributed by atoms with E-state index in [0.29, 0.717) is 4.88 Å². The Morgan fingerprint density at radius 1 is 1.34 bits per heavy atom. The molecule has 0 bridgehead atoms. The van der Waals surface area contributed by atoms with Crippen LogP contribution in [0.2, 0.25) is 0 Å². The predicted octanol–water partition coefficient (Wildman–Crippen LogP) is -4.01. The monoisotopic (exact) mass is 565 g/mol. The van der Waals surface area contributed by atoms with Crippen LogP contribution in [-0.4, -0.2) is 69.9 Å². The van der Waals surface area contributed by atoms with Crippen molar-refractivity contribution in [1.29, 1.82) is 0 Å². The Balaban J connectivity index is 0.00000342. The number of carboxylic acids is 1. The van der Waals surface area contributed by atoms with E-state index in [0.717, 1.165) is 28.0 Å². The number of thiophene rings is 1. The maximum atomic E-state index is 12.8. The smallest absolute Gasteiger partial charge is 0.543 e. The van der Waals surface area contributed by atoms with Crippen molar-refractivity contribution in [2.45, 2.75) is 17.2 Å². The van der Waals surface area contributed by atoms with Crippen LogP contribution in [-0.2, 0) is 30.0 Å². The molecule has 2 atom stereocenters. The fourth-order valence-corrected chi connectivity index (χ4v) is 8.25. The van der Waals surface area contributed by atoms with Crippen molar-refractivity contribution in [1.82, 2.24) is 15.2 Å². The summed E-state index contributed by atoms with van der Waals surface area (Å²) < 4.78 is 25.2. The van der Waals surface area contributed by atoms with E-state index in [9.17, 15) is 33.1 Å². The van der Waals surface area contributed by atoms with Gasteiger partial charge in [-0.2, -0.15) is 0 Å². The number of nitrogens with one attached hydrogen (secondary N) is 1. The van der Waals surface area contributed by atoms with Crippen LogP contribution in [0.5, 0.6) is 0 Å². The number of β-lactam (4-membered cyclic amide) rings is 1. The van der Waals surface area contributed by atoms with Gasteiger partial charge in [0.2, 0.25) is 0 Å². The van der Waals surface area contributed by atoms with E-state index < -0.39 is 56.2 Å². The number of rotatable bonds is 8. The average Bonchev–Trinajstić information content (AvgIpc) is 3.43. The van der Waals surface area contributed by atoms with Crippen molar-refractivity contribution in [3.63, 3.8) is 0 Å². The van der Waals surface area contributed by atoms with Crippen molar-refractivity contribution >= 4 is 72.9 Å². The molecule has 17 heteroatoms. The molecule has 2 aliphatic heterocycles. The molecule has 4 rings (SSSR count). The number of thiazole rings is 1. The third-order valence-electron chi connectivity index (χ3n) is 4.94. The molecule has 0 aliphatic carbocycles. The fourth-order valence-electron chi connectivity index (χ4n) is 3.53. The molecule has 0 spiro atoms. The number of carbonyl (C=O) groups excluding carboxylic acids is 3. The van der Waals surface area contributed by atoms with Gasteiger partial charge in [-0.3, -0.25) is 14.5 Å². The second kappa shape index (κ2) is 11.0. The normalized spacial score (nSPS) is 20.1. The van der Waals surface area contributed by atoms with Gasteiger partial charge < -0.3 is 26.2 Å².